The van der Waals surface area contributed by atoms with Gasteiger partial charge >= 0.3 is 5.97 Å². The Kier molecular flexibility index (Phi) is 1.97. The Morgan fingerprint density at radius 2 is 2.56 bits per heavy atom. The molecule has 0 aromatic carbocycles. The number of aliphatic carboxylic acids is 1. The van der Waals surface area contributed by atoms with Crippen LogP contribution in [0.1, 0.15) is 6.92 Å². The molecule has 1 rings (SSSR count). The SMILES string of the molecule is C[C@H]1NC(C(=O)O)CS1. The van der Waals surface area contributed by atoms with Crippen molar-refractivity contribution in [1.29, 1.82) is 0 Å². The summed E-state index contributed by atoms with van der Waals surface area (Å²) in [7, 11) is 0. The molecule has 0 spiro atoms. The molecule has 1 heterocycles. The van der Waals surface area contributed by atoms with Gasteiger partial charge in [0.05, 0.1) is 5.37 Å². The van der Waals surface area contributed by atoms with Gasteiger partial charge in [-0.05, 0) is 6.92 Å². The van der Waals surface area contributed by atoms with Gasteiger partial charge in [-0.3, -0.25) is 10.1 Å². The zero-order valence-electron chi connectivity index (χ0n) is 5.13. The number of carboxylic acid groups (broad SMARTS) is 1. The fourth-order valence-corrected chi connectivity index (χ4v) is 1.74. The first-order valence-corrected chi connectivity index (χ1v) is 3.85. The highest BCUT2D eigenvalue weighted by atomic mass is 32.2. The van der Waals surface area contributed by atoms with Crippen molar-refractivity contribution >= 4 is 17.7 Å². The van der Waals surface area contributed by atoms with Gasteiger partial charge in [0, 0.05) is 5.75 Å². The van der Waals surface area contributed by atoms with Crippen LogP contribution < -0.4 is 5.32 Å². The molecule has 52 valence electrons. The van der Waals surface area contributed by atoms with E-state index in [2.05, 4.69) is 5.32 Å². The van der Waals surface area contributed by atoms with Crippen LogP contribution in [0.5, 0.6) is 0 Å². The lowest BCUT2D eigenvalue weighted by Gasteiger charge is -2.02. The molecule has 3 nitrogen and oxygen atoms in total. The van der Waals surface area contributed by atoms with Gasteiger partial charge in [-0.1, -0.05) is 0 Å². The van der Waals surface area contributed by atoms with Crippen molar-refractivity contribution in [3.63, 3.8) is 0 Å². The van der Waals surface area contributed by atoms with E-state index >= 15 is 0 Å². The van der Waals surface area contributed by atoms with E-state index in [1.54, 1.807) is 11.8 Å². The third-order valence-corrected chi connectivity index (χ3v) is 2.41. The molecule has 2 N–H and O–H groups in total. The lowest BCUT2D eigenvalue weighted by molar-refractivity contribution is -0.138. The minimum atomic E-state index is -0.744. The van der Waals surface area contributed by atoms with Crippen molar-refractivity contribution in [2.75, 3.05) is 5.75 Å². The quantitative estimate of drug-likeness (QED) is 0.553. The fraction of sp³-hybridized carbons (Fsp3) is 0.800. The number of hydrogen-bond acceptors (Lipinski definition) is 3. The Morgan fingerprint density at radius 1 is 1.89 bits per heavy atom. The van der Waals surface area contributed by atoms with E-state index in [1.807, 2.05) is 6.92 Å². The molecule has 0 aromatic heterocycles. The van der Waals surface area contributed by atoms with E-state index in [9.17, 15) is 4.79 Å². The Labute approximate surface area is 57.8 Å². The molecule has 0 bridgehead atoms. The van der Waals surface area contributed by atoms with E-state index < -0.39 is 5.97 Å². The normalized spacial score (nSPS) is 34.8. The molecule has 0 saturated carbocycles. The van der Waals surface area contributed by atoms with E-state index in [0.29, 0.717) is 11.1 Å². The molecule has 0 aromatic rings. The largest absolute Gasteiger partial charge is 0.480 e. The van der Waals surface area contributed by atoms with Gasteiger partial charge in [0.1, 0.15) is 6.04 Å². The summed E-state index contributed by atoms with van der Waals surface area (Å²) < 4.78 is 0. The predicted molar refractivity (Wildman–Crippen MR) is 36.5 cm³/mol. The van der Waals surface area contributed by atoms with Gasteiger partial charge in [-0.15, -0.1) is 11.8 Å². The summed E-state index contributed by atoms with van der Waals surface area (Å²) in [5.74, 6) is -0.0527. The number of carboxylic acids is 1. The molecule has 1 aliphatic heterocycles. The Balaban J connectivity index is 2.39. The topological polar surface area (TPSA) is 49.3 Å². The monoisotopic (exact) mass is 147 g/mol. The Bertz CT molecular complexity index is 128. The molecule has 0 radical (unpaired) electrons. The summed E-state index contributed by atoms with van der Waals surface area (Å²) in [5, 5.41) is 11.7. The molecule has 9 heavy (non-hydrogen) atoms. The lowest BCUT2D eigenvalue weighted by Crippen LogP contribution is -2.35. The second-order valence-electron chi connectivity index (χ2n) is 2.03. The zero-order valence-corrected chi connectivity index (χ0v) is 5.94. The van der Waals surface area contributed by atoms with Crippen LogP contribution in [-0.2, 0) is 4.79 Å². The smallest absolute Gasteiger partial charge is 0.321 e. The molecule has 4 heteroatoms. The van der Waals surface area contributed by atoms with Crippen molar-refractivity contribution < 1.29 is 9.90 Å². The second-order valence-corrected chi connectivity index (χ2v) is 3.41. The highest BCUT2D eigenvalue weighted by Crippen LogP contribution is 2.17. The van der Waals surface area contributed by atoms with E-state index in [-0.39, 0.29) is 6.04 Å². The van der Waals surface area contributed by atoms with Gasteiger partial charge in [-0.2, -0.15) is 0 Å². The molecule has 1 fully saturated rings. The van der Waals surface area contributed by atoms with Gasteiger partial charge < -0.3 is 5.11 Å². The van der Waals surface area contributed by atoms with Crippen molar-refractivity contribution in [2.45, 2.75) is 18.3 Å². The van der Waals surface area contributed by atoms with Crippen molar-refractivity contribution in [2.24, 2.45) is 0 Å². The summed E-state index contributed by atoms with van der Waals surface area (Å²) in [6, 6.07) is -0.329. The summed E-state index contributed by atoms with van der Waals surface area (Å²) >= 11 is 1.64. The van der Waals surface area contributed by atoms with Crippen LogP contribution in [0.15, 0.2) is 0 Å². The number of hydrogen-bond donors (Lipinski definition) is 2. The van der Waals surface area contributed by atoms with Crippen LogP contribution in [0.2, 0.25) is 0 Å². The average molecular weight is 147 g/mol. The van der Waals surface area contributed by atoms with E-state index in [0.717, 1.165) is 0 Å². The molecule has 0 aliphatic carbocycles. The first-order chi connectivity index (χ1) is 4.20. The number of thioether (sulfide) groups is 1. The van der Waals surface area contributed by atoms with Crippen LogP contribution in [0, 0.1) is 0 Å². The Morgan fingerprint density at radius 3 is 2.78 bits per heavy atom. The maximum atomic E-state index is 10.3. The summed E-state index contributed by atoms with van der Waals surface area (Å²) in [5.41, 5.74) is 0. The fourth-order valence-electron chi connectivity index (χ4n) is 0.763. The number of rotatable bonds is 1. The van der Waals surface area contributed by atoms with Gasteiger partial charge in [0.2, 0.25) is 0 Å². The van der Waals surface area contributed by atoms with Crippen LogP contribution in [0.3, 0.4) is 0 Å². The predicted octanol–water partition coefficient (Wildman–Crippen LogP) is 0.122. The molecule has 1 saturated heterocycles. The lowest BCUT2D eigenvalue weighted by atomic mass is 10.3. The first kappa shape index (κ1) is 6.89. The highest BCUT2D eigenvalue weighted by Gasteiger charge is 2.25. The number of carbonyl (C=O) groups is 1. The third-order valence-electron chi connectivity index (χ3n) is 1.25. The van der Waals surface area contributed by atoms with Crippen molar-refractivity contribution in [3.8, 4) is 0 Å². The van der Waals surface area contributed by atoms with Crippen LogP contribution in [0.25, 0.3) is 0 Å². The minimum Gasteiger partial charge on any atom is -0.480 e. The van der Waals surface area contributed by atoms with Crippen LogP contribution in [0.4, 0.5) is 0 Å². The van der Waals surface area contributed by atoms with Crippen LogP contribution >= 0.6 is 11.8 Å². The molecule has 2 atom stereocenters. The maximum Gasteiger partial charge on any atom is 0.321 e. The molecular formula is C5H9NO2S. The first-order valence-electron chi connectivity index (χ1n) is 2.80. The second kappa shape index (κ2) is 2.58. The van der Waals surface area contributed by atoms with Gasteiger partial charge in [0.25, 0.3) is 0 Å². The summed E-state index contributed by atoms with van der Waals surface area (Å²) in [6.45, 7) is 1.97. The van der Waals surface area contributed by atoms with Crippen LogP contribution in [-0.4, -0.2) is 28.2 Å². The average Bonchev–Trinajstić information content (AvgIpc) is 2.14. The minimum absolute atomic E-state index is 0.297. The maximum absolute atomic E-state index is 10.3. The summed E-state index contributed by atoms with van der Waals surface area (Å²) in [4.78, 5) is 10.3. The molecule has 1 aliphatic rings. The van der Waals surface area contributed by atoms with Crippen molar-refractivity contribution in [3.05, 3.63) is 0 Å². The molecule has 1 unspecified atom stereocenters. The van der Waals surface area contributed by atoms with Crippen molar-refractivity contribution in [1.82, 2.24) is 5.32 Å². The zero-order chi connectivity index (χ0) is 6.85. The standard InChI is InChI=1S/C5H9NO2S/c1-3-6-4(2-9-3)5(7)8/h3-4,6H,2H2,1H3,(H,7,8)/t3-,4?/m0/s1. The third kappa shape index (κ3) is 1.59. The van der Waals surface area contributed by atoms with Gasteiger partial charge in [-0.25, -0.2) is 0 Å². The molecular weight excluding hydrogens is 138 g/mol. The Hall–Kier alpha value is -0.220. The molecule has 0 amide bonds. The van der Waals surface area contributed by atoms with E-state index in [1.165, 1.54) is 0 Å². The number of nitrogens with one attached hydrogen (secondary N) is 1. The van der Waals surface area contributed by atoms with Gasteiger partial charge in [0.15, 0.2) is 0 Å². The summed E-state index contributed by atoms with van der Waals surface area (Å²) in [6.07, 6.45) is 0. The van der Waals surface area contributed by atoms with E-state index in [4.69, 9.17) is 5.11 Å². The highest BCUT2D eigenvalue weighted by molar-refractivity contribution is 8.00.